The van der Waals surface area contributed by atoms with Crippen molar-refractivity contribution in [2.24, 2.45) is 0 Å². The second-order valence-electron chi connectivity index (χ2n) is 5.13. The van der Waals surface area contributed by atoms with Crippen molar-refractivity contribution in [3.63, 3.8) is 0 Å². The molecule has 1 aromatic heterocycles. The average Bonchev–Trinajstić information content (AvgIpc) is 3.08. The molecule has 3 rings (SSSR count). The van der Waals surface area contributed by atoms with Crippen molar-refractivity contribution in [3.8, 4) is 5.69 Å². The molecule has 0 fully saturated rings. The third kappa shape index (κ3) is 3.38. The van der Waals surface area contributed by atoms with Crippen LogP contribution in [0.4, 0.5) is 0 Å². The van der Waals surface area contributed by atoms with E-state index in [1.54, 1.807) is 6.20 Å². The number of hydrogen-bond acceptors (Lipinski definition) is 2. The SMILES string of the molecule is CC(NCc1ccc(-n2cccn2)cc1)c1ccccc1. The van der Waals surface area contributed by atoms with Gasteiger partial charge in [-0.2, -0.15) is 5.10 Å². The Labute approximate surface area is 125 Å². The van der Waals surface area contributed by atoms with Crippen molar-refractivity contribution < 1.29 is 0 Å². The molecule has 3 heteroatoms. The van der Waals surface area contributed by atoms with Gasteiger partial charge < -0.3 is 5.32 Å². The molecule has 3 nitrogen and oxygen atoms in total. The summed E-state index contributed by atoms with van der Waals surface area (Å²) >= 11 is 0. The normalized spacial score (nSPS) is 12.2. The molecule has 0 aliphatic rings. The predicted molar refractivity (Wildman–Crippen MR) is 85.3 cm³/mol. The topological polar surface area (TPSA) is 29.9 Å². The molecule has 0 spiro atoms. The molecule has 0 radical (unpaired) electrons. The molecule has 1 unspecified atom stereocenters. The monoisotopic (exact) mass is 277 g/mol. The largest absolute Gasteiger partial charge is 0.306 e. The van der Waals surface area contributed by atoms with Gasteiger partial charge in [-0.1, -0.05) is 42.5 Å². The predicted octanol–water partition coefficient (Wildman–Crippen LogP) is 3.72. The highest BCUT2D eigenvalue weighted by atomic mass is 15.3. The summed E-state index contributed by atoms with van der Waals surface area (Å²) in [6, 6.07) is 21.2. The summed E-state index contributed by atoms with van der Waals surface area (Å²) in [4.78, 5) is 0. The van der Waals surface area contributed by atoms with Gasteiger partial charge in [0.05, 0.1) is 5.69 Å². The average molecular weight is 277 g/mol. The molecule has 106 valence electrons. The van der Waals surface area contributed by atoms with E-state index in [-0.39, 0.29) is 0 Å². The van der Waals surface area contributed by atoms with E-state index < -0.39 is 0 Å². The maximum Gasteiger partial charge on any atom is 0.0645 e. The van der Waals surface area contributed by atoms with E-state index in [1.165, 1.54) is 11.1 Å². The minimum atomic E-state index is 0.344. The number of nitrogens with one attached hydrogen (secondary N) is 1. The summed E-state index contributed by atoms with van der Waals surface area (Å²) in [6.45, 7) is 3.04. The summed E-state index contributed by atoms with van der Waals surface area (Å²) in [5, 5.41) is 7.78. The molecule has 3 aromatic rings. The lowest BCUT2D eigenvalue weighted by Gasteiger charge is -2.14. The van der Waals surface area contributed by atoms with Crippen LogP contribution in [0.1, 0.15) is 24.1 Å². The van der Waals surface area contributed by atoms with E-state index >= 15 is 0 Å². The Morgan fingerprint density at radius 3 is 2.43 bits per heavy atom. The van der Waals surface area contributed by atoms with E-state index in [0.29, 0.717) is 6.04 Å². The number of benzene rings is 2. The number of nitrogens with zero attached hydrogens (tertiary/aromatic N) is 2. The van der Waals surface area contributed by atoms with Gasteiger partial charge in [0, 0.05) is 25.0 Å². The maximum atomic E-state index is 4.23. The molecular formula is C18H19N3. The van der Waals surface area contributed by atoms with Gasteiger partial charge in [-0.3, -0.25) is 0 Å². The Hall–Kier alpha value is -2.39. The van der Waals surface area contributed by atoms with Crippen LogP contribution in [0.3, 0.4) is 0 Å². The van der Waals surface area contributed by atoms with Crippen molar-refractivity contribution in [2.75, 3.05) is 0 Å². The fourth-order valence-electron chi connectivity index (χ4n) is 2.32. The van der Waals surface area contributed by atoms with Gasteiger partial charge in [0.15, 0.2) is 0 Å². The van der Waals surface area contributed by atoms with Gasteiger partial charge in [0.25, 0.3) is 0 Å². The Morgan fingerprint density at radius 2 is 1.76 bits per heavy atom. The third-order valence-corrected chi connectivity index (χ3v) is 3.62. The molecule has 0 saturated carbocycles. The molecule has 0 aliphatic heterocycles. The molecule has 0 bridgehead atoms. The highest BCUT2D eigenvalue weighted by molar-refractivity contribution is 5.33. The van der Waals surface area contributed by atoms with Crippen LogP contribution in [0, 0.1) is 0 Å². The fourth-order valence-corrected chi connectivity index (χ4v) is 2.32. The van der Waals surface area contributed by atoms with Crippen LogP contribution < -0.4 is 5.32 Å². The van der Waals surface area contributed by atoms with Crippen LogP contribution in [0.15, 0.2) is 73.1 Å². The van der Waals surface area contributed by atoms with E-state index in [0.717, 1.165) is 12.2 Å². The first-order valence-electron chi connectivity index (χ1n) is 7.20. The summed E-state index contributed by atoms with van der Waals surface area (Å²) < 4.78 is 1.86. The first-order chi connectivity index (χ1) is 10.3. The minimum absolute atomic E-state index is 0.344. The lowest BCUT2D eigenvalue weighted by Crippen LogP contribution is -2.17. The van der Waals surface area contributed by atoms with Gasteiger partial charge >= 0.3 is 0 Å². The molecule has 1 N–H and O–H groups in total. The molecule has 0 saturated heterocycles. The van der Waals surface area contributed by atoms with Gasteiger partial charge in [0.1, 0.15) is 0 Å². The Kier molecular flexibility index (Phi) is 4.12. The Balaban J connectivity index is 1.61. The molecule has 1 heterocycles. The quantitative estimate of drug-likeness (QED) is 0.770. The lowest BCUT2D eigenvalue weighted by atomic mass is 10.1. The van der Waals surface area contributed by atoms with Crippen molar-refractivity contribution in [1.82, 2.24) is 15.1 Å². The molecular weight excluding hydrogens is 258 g/mol. The summed E-state index contributed by atoms with van der Waals surface area (Å²) in [5.41, 5.74) is 3.67. The number of hydrogen-bond donors (Lipinski definition) is 1. The summed E-state index contributed by atoms with van der Waals surface area (Å²) in [5.74, 6) is 0. The van der Waals surface area contributed by atoms with Gasteiger partial charge in [-0.05, 0) is 36.2 Å². The van der Waals surface area contributed by atoms with Gasteiger partial charge in [-0.15, -0.1) is 0 Å². The third-order valence-electron chi connectivity index (χ3n) is 3.62. The van der Waals surface area contributed by atoms with Crippen LogP contribution in [-0.4, -0.2) is 9.78 Å². The Bertz CT molecular complexity index is 657. The van der Waals surface area contributed by atoms with Crippen LogP contribution in [0.5, 0.6) is 0 Å². The van der Waals surface area contributed by atoms with Crippen molar-refractivity contribution in [2.45, 2.75) is 19.5 Å². The summed E-state index contributed by atoms with van der Waals surface area (Å²) in [6.07, 6.45) is 3.74. The first-order valence-corrected chi connectivity index (χ1v) is 7.20. The highest BCUT2D eigenvalue weighted by Crippen LogP contribution is 2.13. The zero-order valence-electron chi connectivity index (χ0n) is 12.1. The van der Waals surface area contributed by atoms with E-state index in [1.807, 2.05) is 23.0 Å². The van der Waals surface area contributed by atoms with Crippen LogP contribution in [-0.2, 0) is 6.54 Å². The molecule has 2 aromatic carbocycles. The molecule has 0 aliphatic carbocycles. The highest BCUT2D eigenvalue weighted by Gasteiger charge is 2.04. The maximum absolute atomic E-state index is 4.23. The van der Waals surface area contributed by atoms with Crippen molar-refractivity contribution in [1.29, 1.82) is 0 Å². The smallest absolute Gasteiger partial charge is 0.0645 e. The molecule has 1 atom stereocenters. The Morgan fingerprint density at radius 1 is 1.00 bits per heavy atom. The number of rotatable bonds is 5. The lowest BCUT2D eigenvalue weighted by molar-refractivity contribution is 0.574. The summed E-state index contributed by atoms with van der Waals surface area (Å²) in [7, 11) is 0. The van der Waals surface area contributed by atoms with Gasteiger partial charge in [0.2, 0.25) is 0 Å². The zero-order valence-corrected chi connectivity index (χ0v) is 12.1. The fraction of sp³-hybridized carbons (Fsp3) is 0.167. The van der Waals surface area contributed by atoms with Crippen molar-refractivity contribution in [3.05, 3.63) is 84.2 Å². The first kappa shape index (κ1) is 13.6. The zero-order chi connectivity index (χ0) is 14.5. The van der Waals surface area contributed by atoms with E-state index in [9.17, 15) is 0 Å². The second-order valence-corrected chi connectivity index (χ2v) is 5.13. The number of aromatic nitrogens is 2. The minimum Gasteiger partial charge on any atom is -0.306 e. The van der Waals surface area contributed by atoms with Crippen LogP contribution in [0.2, 0.25) is 0 Å². The van der Waals surface area contributed by atoms with Crippen LogP contribution >= 0.6 is 0 Å². The standard InChI is InChI=1S/C18H19N3/c1-15(17-6-3-2-4-7-17)19-14-16-8-10-18(11-9-16)21-13-5-12-20-21/h2-13,15,19H,14H2,1H3. The van der Waals surface area contributed by atoms with E-state index in [2.05, 4.69) is 65.9 Å². The van der Waals surface area contributed by atoms with Crippen LogP contribution in [0.25, 0.3) is 5.69 Å². The van der Waals surface area contributed by atoms with Crippen molar-refractivity contribution >= 4 is 0 Å². The molecule has 21 heavy (non-hydrogen) atoms. The van der Waals surface area contributed by atoms with E-state index in [4.69, 9.17) is 0 Å². The second kappa shape index (κ2) is 6.37. The molecule has 0 amide bonds. The van der Waals surface area contributed by atoms with Gasteiger partial charge in [-0.25, -0.2) is 4.68 Å².